The summed E-state index contributed by atoms with van der Waals surface area (Å²) in [6.45, 7) is 0. The van der Waals surface area contributed by atoms with Crippen molar-refractivity contribution >= 4 is 43.6 Å². The highest BCUT2D eigenvalue weighted by molar-refractivity contribution is 6.30. The number of hydrogen-bond donors (Lipinski definition) is 0. The Morgan fingerprint density at radius 2 is 0.844 bits per heavy atom. The second kappa shape index (κ2) is 10.3. The van der Waals surface area contributed by atoms with E-state index in [2.05, 4.69) is 133 Å². The molecule has 0 bridgehead atoms. The van der Waals surface area contributed by atoms with E-state index in [-0.39, 0.29) is 0 Å². The number of fused-ring (bicyclic) bond motifs is 8. The minimum absolute atomic E-state index is 0.669. The van der Waals surface area contributed by atoms with E-state index in [0.717, 1.165) is 55.2 Å². The third kappa shape index (κ3) is 4.21. The fourth-order valence-corrected chi connectivity index (χ4v) is 6.54. The first-order valence-corrected chi connectivity index (χ1v) is 15.2. The van der Waals surface area contributed by atoms with Gasteiger partial charge in [0.15, 0.2) is 11.4 Å². The number of nitrogens with zero attached hydrogens (tertiary/aromatic N) is 2. The summed E-state index contributed by atoms with van der Waals surface area (Å²) in [6, 6.07) is 54.9. The van der Waals surface area contributed by atoms with Crippen LogP contribution >= 0.6 is 0 Å². The van der Waals surface area contributed by atoms with Crippen molar-refractivity contribution in [3.63, 3.8) is 0 Å². The molecule has 0 spiro atoms. The van der Waals surface area contributed by atoms with Crippen LogP contribution in [0.4, 0.5) is 0 Å². The highest BCUT2D eigenvalue weighted by atomic mass is 16.3. The number of benzene rings is 7. The van der Waals surface area contributed by atoms with Crippen LogP contribution in [0.25, 0.3) is 88.5 Å². The monoisotopic (exact) mass is 574 g/mol. The molecule has 0 aliphatic rings. The van der Waals surface area contributed by atoms with Crippen LogP contribution in [-0.4, -0.2) is 9.97 Å². The van der Waals surface area contributed by atoms with Crippen molar-refractivity contribution in [2.75, 3.05) is 0 Å². The largest absolute Gasteiger partial charge is 0.451 e. The molecule has 0 fully saturated rings. The zero-order valence-corrected chi connectivity index (χ0v) is 24.3. The summed E-state index contributed by atoms with van der Waals surface area (Å²) in [5, 5.41) is 5.57. The smallest absolute Gasteiger partial charge is 0.180 e. The number of hydrogen-bond acceptors (Lipinski definition) is 3. The highest BCUT2D eigenvalue weighted by Crippen LogP contribution is 2.43. The summed E-state index contributed by atoms with van der Waals surface area (Å²) in [7, 11) is 0. The Balaban J connectivity index is 1.31. The predicted octanol–water partition coefficient (Wildman–Crippen LogP) is 11.4. The van der Waals surface area contributed by atoms with E-state index in [1.807, 2.05) is 24.3 Å². The number of aromatic nitrogens is 2. The minimum Gasteiger partial charge on any atom is -0.451 e. The van der Waals surface area contributed by atoms with Gasteiger partial charge < -0.3 is 4.42 Å². The molecule has 9 aromatic rings. The van der Waals surface area contributed by atoms with Crippen LogP contribution in [0, 0.1) is 0 Å². The van der Waals surface area contributed by atoms with E-state index in [1.165, 1.54) is 21.9 Å². The molecular weight excluding hydrogens is 548 g/mol. The summed E-state index contributed by atoms with van der Waals surface area (Å²) in [4.78, 5) is 10.5. The summed E-state index contributed by atoms with van der Waals surface area (Å²) in [6.07, 6.45) is 0. The van der Waals surface area contributed by atoms with Crippen LogP contribution in [0.1, 0.15) is 0 Å². The van der Waals surface area contributed by atoms with Crippen LogP contribution in [0.5, 0.6) is 0 Å². The lowest BCUT2D eigenvalue weighted by molar-refractivity contribution is 0.671. The fourth-order valence-electron chi connectivity index (χ4n) is 6.54. The molecule has 0 N–H and O–H groups in total. The standard InChI is InChI=1S/C42H26N2O/c1-3-13-27(14-4-1)29-17-11-18-30(25-29)31-19-12-20-32(26-31)42-43-38(28-15-5-2-6-16-28)41-39(44-42)37-35-23-9-7-21-33(35)34-22-8-10-24-36(34)40(37)45-41/h1-26H. The van der Waals surface area contributed by atoms with Crippen LogP contribution < -0.4 is 0 Å². The van der Waals surface area contributed by atoms with E-state index in [0.29, 0.717) is 11.4 Å². The molecule has 0 saturated heterocycles. The topological polar surface area (TPSA) is 38.9 Å². The van der Waals surface area contributed by atoms with Gasteiger partial charge in [0, 0.05) is 16.5 Å². The van der Waals surface area contributed by atoms with Crippen molar-refractivity contribution in [2.45, 2.75) is 0 Å². The van der Waals surface area contributed by atoms with E-state index in [4.69, 9.17) is 14.4 Å². The van der Waals surface area contributed by atoms with E-state index >= 15 is 0 Å². The van der Waals surface area contributed by atoms with Gasteiger partial charge in [-0.05, 0) is 50.5 Å². The first kappa shape index (κ1) is 25.4. The Labute approximate surface area is 260 Å². The molecule has 45 heavy (non-hydrogen) atoms. The highest BCUT2D eigenvalue weighted by Gasteiger charge is 2.22. The maximum atomic E-state index is 6.77. The molecule has 0 amide bonds. The van der Waals surface area contributed by atoms with Crippen molar-refractivity contribution < 1.29 is 4.42 Å². The van der Waals surface area contributed by atoms with Gasteiger partial charge in [-0.15, -0.1) is 0 Å². The van der Waals surface area contributed by atoms with Crippen molar-refractivity contribution in [1.29, 1.82) is 0 Å². The first-order valence-electron chi connectivity index (χ1n) is 15.2. The van der Waals surface area contributed by atoms with Gasteiger partial charge in [0.05, 0.1) is 5.39 Å². The summed E-state index contributed by atoms with van der Waals surface area (Å²) in [5.74, 6) is 0.669. The van der Waals surface area contributed by atoms with Gasteiger partial charge in [0.1, 0.15) is 16.8 Å². The normalized spacial score (nSPS) is 11.6. The molecule has 2 heterocycles. The zero-order valence-electron chi connectivity index (χ0n) is 24.3. The molecule has 2 aromatic heterocycles. The molecule has 0 aliphatic carbocycles. The summed E-state index contributed by atoms with van der Waals surface area (Å²) in [5.41, 5.74) is 9.75. The SMILES string of the molecule is c1ccc(-c2cccc(-c3cccc(-c4nc(-c5ccccc5)c5oc6c7ccccc7c7ccccc7c6c5n4)c3)c2)cc1. The zero-order chi connectivity index (χ0) is 29.7. The lowest BCUT2D eigenvalue weighted by Crippen LogP contribution is -1.94. The van der Waals surface area contributed by atoms with Crippen molar-refractivity contribution in [3.8, 4) is 44.9 Å². The van der Waals surface area contributed by atoms with Crippen LogP contribution in [0.15, 0.2) is 162 Å². The second-order valence-electron chi connectivity index (χ2n) is 11.4. The van der Waals surface area contributed by atoms with Gasteiger partial charge in [0.25, 0.3) is 0 Å². The van der Waals surface area contributed by atoms with Crippen molar-refractivity contribution in [3.05, 3.63) is 158 Å². The molecule has 0 atom stereocenters. The predicted molar refractivity (Wildman–Crippen MR) is 186 cm³/mol. The first-order chi connectivity index (χ1) is 22.3. The Bertz CT molecular complexity index is 2530. The lowest BCUT2D eigenvalue weighted by Gasteiger charge is -2.09. The van der Waals surface area contributed by atoms with Crippen LogP contribution in [0.3, 0.4) is 0 Å². The Hall–Kier alpha value is -6.06. The fraction of sp³-hybridized carbons (Fsp3) is 0. The molecule has 0 unspecified atom stereocenters. The molecule has 3 heteroatoms. The van der Waals surface area contributed by atoms with E-state index in [1.54, 1.807) is 0 Å². The molecule has 0 aliphatic heterocycles. The third-order valence-corrected chi connectivity index (χ3v) is 8.66. The molecule has 3 nitrogen and oxygen atoms in total. The molecule has 0 radical (unpaired) electrons. The van der Waals surface area contributed by atoms with Crippen molar-refractivity contribution in [1.82, 2.24) is 9.97 Å². The van der Waals surface area contributed by atoms with Gasteiger partial charge in [-0.2, -0.15) is 0 Å². The quantitative estimate of drug-likeness (QED) is 0.196. The lowest BCUT2D eigenvalue weighted by atomic mass is 9.97. The summed E-state index contributed by atoms with van der Waals surface area (Å²) < 4.78 is 6.77. The average molecular weight is 575 g/mol. The number of furan rings is 1. The Morgan fingerprint density at radius 3 is 1.53 bits per heavy atom. The molecule has 0 saturated carbocycles. The van der Waals surface area contributed by atoms with Gasteiger partial charge in [-0.1, -0.05) is 146 Å². The third-order valence-electron chi connectivity index (χ3n) is 8.66. The molecule has 7 aromatic carbocycles. The minimum atomic E-state index is 0.669. The maximum absolute atomic E-state index is 6.77. The maximum Gasteiger partial charge on any atom is 0.180 e. The van der Waals surface area contributed by atoms with Gasteiger partial charge >= 0.3 is 0 Å². The molecule has 9 rings (SSSR count). The molecular formula is C42H26N2O. The summed E-state index contributed by atoms with van der Waals surface area (Å²) >= 11 is 0. The van der Waals surface area contributed by atoms with E-state index < -0.39 is 0 Å². The van der Waals surface area contributed by atoms with Crippen LogP contribution in [0.2, 0.25) is 0 Å². The second-order valence-corrected chi connectivity index (χ2v) is 11.4. The average Bonchev–Trinajstić information content (AvgIpc) is 3.52. The van der Waals surface area contributed by atoms with E-state index in [9.17, 15) is 0 Å². The van der Waals surface area contributed by atoms with Gasteiger partial charge in [-0.25, -0.2) is 9.97 Å². The Morgan fingerprint density at radius 1 is 0.356 bits per heavy atom. The molecule has 210 valence electrons. The Kier molecular flexibility index (Phi) is 5.82. The van der Waals surface area contributed by atoms with Gasteiger partial charge in [0.2, 0.25) is 0 Å². The van der Waals surface area contributed by atoms with Gasteiger partial charge in [-0.3, -0.25) is 0 Å². The van der Waals surface area contributed by atoms with Crippen molar-refractivity contribution in [2.24, 2.45) is 0 Å². The van der Waals surface area contributed by atoms with Crippen LogP contribution in [-0.2, 0) is 0 Å². The number of rotatable bonds is 4.